The number of rotatable bonds is 3. The summed E-state index contributed by atoms with van der Waals surface area (Å²) in [6.07, 6.45) is 1.14. The van der Waals surface area contributed by atoms with Crippen LogP contribution in [0.4, 0.5) is 13.2 Å². The fourth-order valence-corrected chi connectivity index (χ4v) is 8.47. The summed E-state index contributed by atoms with van der Waals surface area (Å²) in [4.78, 5) is 0. The van der Waals surface area contributed by atoms with Gasteiger partial charge in [-0.25, -0.2) is 0 Å². The van der Waals surface area contributed by atoms with Gasteiger partial charge in [-0.3, -0.25) is 0 Å². The minimum absolute atomic E-state index is 0.00619. The predicted octanol–water partition coefficient (Wildman–Crippen LogP) is 4.54. The van der Waals surface area contributed by atoms with Crippen LogP contribution in [0.25, 0.3) is 0 Å². The van der Waals surface area contributed by atoms with Gasteiger partial charge in [-0.2, -0.15) is 13.2 Å². The highest BCUT2D eigenvalue weighted by Gasteiger charge is 2.62. The van der Waals surface area contributed by atoms with Crippen molar-refractivity contribution in [3.8, 4) is 0 Å². The van der Waals surface area contributed by atoms with Crippen LogP contribution in [0.1, 0.15) is 71.6 Å². The summed E-state index contributed by atoms with van der Waals surface area (Å²) in [6, 6.07) is 0. The number of halogens is 3. The van der Waals surface area contributed by atoms with Crippen molar-refractivity contribution in [1.29, 1.82) is 0 Å². The molecule has 0 saturated heterocycles. The highest BCUT2D eigenvalue weighted by molar-refractivity contribution is 5.08. The quantitative estimate of drug-likeness (QED) is 0.631. The molecule has 0 aliphatic heterocycles. The van der Waals surface area contributed by atoms with E-state index in [1.807, 2.05) is 0 Å². The topological polar surface area (TPSA) is 60.7 Å². The molecule has 0 aromatic heterocycles. The standard InChI is InChI=1S/C23H37F3O3/c1-13(20(28)12-27)18-5-6-19-17-4-3-14-11-22(29,23(24,25)26)10-8-15(14)16(17)7-9-21(18,19)2/h13-20,27-29H,3-12H2,1-2H3/t13-,14+,15-,16+,17+,18+,19-,20?,21+,22+/m0/s1. The van der Waals surface area contributed by atoms with Gasteiger partial charge in [-0.05, 0) is 105 Å². The zero-order valence-corrected chi connectivity index (χ0v) is 17.7. The third kappa shape index (κ3) is 3.36. The second-order valence-electron chi connectivity index (χ2n) is 11.0. The van der Waals surface area contributed by atoms with Crippen molar-refractivity contribution in [3.63, 3.8) is 0 Å². The molecule has 0 heterocycles. The van der Waals surface area contributed by atoms with Crippen molar-refractivity contribution in [2.75, 3.05) is 6.61 Å². The summed E-state index contributed by atoms with van der Waals surface area (Å²) in [6.45, 7) is 4.22. The molecule has 6 heteroatoms. The van der Waals surface area contributed by atoms with E-state index in [-0.39, 0.29) is 36.7 Å². The smallest absolute Gasteiger partial charge is 0.394 e. The number of aliphatic hydroxyl groups is 3. The van der Waals surface area contributed by atoms with E-state index in [2.05, 4.69) is 13.8 Å². The van der Waals surface area contributed by atoms with Crippen LogP contribution in [0.5, 0.6) is 0 Å². The second-order valence-corrected chi connectivity index (χ2v) is 11.0. The lowest BCUT2D eigenvalue weighted by Gasteiger charge is -2.57. The third-order valence-electron chi connectivity index (χ3n) is 10.0. The average molecular weight is 419 g/mol. The predicted molar refractivity (Wildman–Crippen MR) is 104 cm³/mol. The van der Waals surface area contributed by atoms with E-state index in [1.54, 1.807) is 0 Å². The van der Waals surface area contributed by atoms with Crippen molar-refractivity contribution in [2.24, 2.45) is 46.8 Å². The van der Waals surface area contributed by atoms with Crippen LogP contribution in [-0.2, 0) is 0 Å². The Morgan fingerprint density at radius 3 is 2.31 bits per heavy atom. The Morgan fingerprint density at radius 2 is 1.66 bits per heavy atom. The van der Waals surface area contributed by atoms with Crippen molar-refractivity contribution < 1.29 is 28.5 Å². The molecule has 3 nitrogen and oxygen atoms in total. The molecule has 0 bridgehead atoms. The molecule has 0 radical (unpaired) electrons. The van der Waals surface area contributed by atoms with Crippen LogP contribution in [0, 0.1) is 46.8 Å². The zero-order chi connectivity index (χ0) is 21.2. The van der Waals surface area contributed by atoms with Gasteiger partial charge >= 0.3 is 6.18 Å². The number of hydrogen-bond acceptors (Lipinski definition) is 3. The molecule has 4 rings (SSSR count). The lowest BCUT2D eigenvalue weighted by atomic mass is 9.48. The first-order valence-corrected chi connectivity index (χ1v) is 11.6. The summed E-state index contributed by atoms with van der Waals surface area (Å²) in [7, 11) is 0. The van der Waals surface area contributed by atoms with Gasteiger partial charge in [0.25, 0.3) is 0 Å². The van der Waals surface area contributed by atoms with E-state index in [9.17, 15) is 28.5 Å². The van der Waals surface area contributed by atoms with E-state index in [4.69, 9.17) is 0 Å². The van der Waals surface area contributed by atoms with Crippen molar-refractivity contribution in [3.05, 3.63) is 0 Å². The van der Waals surface area contributed by atoms with Crippen LogP contribution in [0.3, 0.4) is 0 Å². The molecule has 4 aliphatic carbocycles. The van der Waals surface area contributed by atoms with E-state index >= 15 is 0 Å². The molecule has 0 aromatic carbocycles. The monoisotopic (exact) mass is 418 g/mol. The number of alkyl halides is 3. The zero-order valence-electron chi connectivity index (χ0n) is 17.7. The van der Waals surface area contributed by atoms with Gasteiger partial charge in [0.2, 0.25) is 0 Å². The molecule has 168 valence electrons. The molecule has 3 N–H and O–H groups in total. The fourth-order valence-electron chi connectivity index (χ4n) is 8.47. The van der Waals surface area contributed by atoms with Gasteiger partial charge in [0, 0.05) is 0 Å². The lowest BCUT2D eigenvalue weighted by Crippen LogP contribution is -2.55. The third-order valence-corrected chi connectivity index (χ3v) is 10.0. The molecule has 0 amide bonds. The van der Waals surface area contributed by atoms with Crippen molar-refractivity contribution in [2.45, 2.75) is 89.5 Å². The maximum absolute atomic E-state index is 13.4. The Balaban J connectivity index is 1.50. The average Bonchev–Trinajstić information content (AvgIpc) is 3.02. The number of aliphatic hydroxyl groups excluding tert-OH is 2. The first-order valence-electron chi connectivity index (χ1n) is 11.6. The summed E-state index contributed by atoms with van der Waals surface area (Å²) in [5.41, 5.74) is -2.33. The minimum atomic E-state index is -4.53. The number of fused-ring (bicyclic) bond motifs is 5. The molecule has 29 heavy (non-hydrogen) atoms. The van der Waals surface area contributed by atoms with Crippen LogP contribution in [0.15, 0.2) is 0 Å². The van der Waals surface area contributed by atoms with Crippen LogP contribution >= 0.6 is 0 Å². The van der Waals surface area contributed by atoms with Crippen molar-refractivity contribution >= 4 is 0 Å². The van der Waals surface area contributed by atoms with Gasteiger partial charge < -0.3 is 15.3 Å². The Bertz CT molecular complexity index is 611. The maximum Gasteiger partial charge on any atom is 0.417 e. The summed E-state index contributed by atoms with van der Waals surface area (Å²) >= 11 is 0. The van der Waals surface area contributed by atoms with Gasteiger partial charge in [-0.15, -0.1) is 0 Å². The Kier molecular flexibility index (Phi) is 5.56. The van der Waals surface area contributed by atoms with E-state index in [0.29, 0.717) is 36.0 Å². The molecule has 4 aliphatic rings. The highest BCUT2D eigenvalue weighted by Crippen LogP contribution is 2.66. The van der Waals surface area contributed by atoms with E-state index in [0.717, 1.165) is 38.5 Å². The molecule has 4 saturated carbocycles. The first kappa shape index (κ1) is 21.9. The largest absolute Gasteiger partial charge is 0.417 e. The lowest BCUT2D eigenvalue weighted by molar-refractivity contribution is -0.282. The Morgan fingerprint density at radius 1 is 0.966 bits per heavy atom. The fraction of sp³-hybridized carbons (Fsp3) is 1.00. The van der Waals surface area contributed by atoms with Gasteiger partial charge in [0.1, 0.15) is 0 Å². The SMILES string of the molecule is C[C@H](C(O)CO)[C@H]1CC[C@H]2[C@@H]3CC[C@@H]4C[C@@](O)(C(F)(F)F)CC[C@@H]4[C@H]3CC[C@]12C. The number of hydrogen-bond donors (Lipinski definition) is 3. The van der Waals surface area contributed by atoms with Crippen LogP contribution in [-0.4, -0.2) is 39.8 Å². The van der Waals surface area contributed by atoms with Gasteiger partial charge in [0.05, 0.1) is 12.7 Å². The Labute approximate surface area is 172 Å². The molecule has 10 atom stereocenters. The summed E-state index contributed by atoms with van der Waals surface area (Å²) < 4.78 is 40.1. The normalized spacial score (nSPS) is 49.7. The molecule has 0 aromatic rings. The minimum Gasteiger partial charge on any atom is -0.394 e. The van der Waals surface area contributed by atoms with Crippen molar-refractivity contribution in [1.82, 2.24) is 0 Å². The van der Waals surface area contributed by atoms with Gasteiger partial charge in [0.15, 0.2) is 5.60 Å². The molecular formula is C23H37F3O3. The molecule has 0 spiro atoms. The Hall–Kier alpha value is -0.330. The highest BCUT2D eigenvalue weighted by atomic mass is 19.4. The van der Waals surface area contributed by atoms with Crippen LogP contribution in [0.2, 0.25) is 0 Å². The molecular weight excluding hydrogens is 381 g/mol. The van der Waals surface area contributed by atoms with Gasteiger partial charge in [-0.1, -0.05) is 13.8 Å². The maximum atomic E-state index is 13.4. The first-order chi connectivity index (χ1) is 13.5. The van der Waals surface area contributed by atoms with E-state index in [1.165, 1.54) is 0 Å². The van der Waals surface area contributed by atoms with E-state index < -0.39 is 17.9 Å². The summed E-state index contributed by atoms with van der Waals surface area (Å²) in [5, 5.41) is 29.9. The van der Waals surface area contributed by atoms with Crippen LogP contribution < -0.4 is 0 Å². The molecule has 4 fully saturated rings. The summed E-state index contributed by atoms with van der Waals surface area (Å²) in [5.74, 6) is 2.41. The second kappa shape index (κ2) is 7.37. The molecule has 1 unspecified atom stereocenters.